The van der Waals surface area contributed by atoms with Gasteiger partial charge >= 0.3 is 0 Å². The Labute approximate surface area is 117 Å². The van der Waals surface area contributed by atoms with Gasteiger partial charge in [-0.2, -0.15) is 5.10 Å². The van der Waals surface area contributed by atoms with Gasteiger partial charge in [-0.1, -0.05) is 6.92 Å². The Kier molecular flexibility index (Phi) is 6.66. The zero-order chi connectivity index (χ0) is 14.3. The second-order valence-corrected chi connectivity index (χ2v) is 5.21. The van der Waals surface area contributed by atoms with Crippen LogP contribution >= 0.6 is 0 Å². The molecule has 0 amide bonds. The lowest BCUT2D eigenvalue weighted by Gasteiger charge is -2.17. The van der Waals surface area contributed by atoms with Crippen LogP contribution in [0.1, 0.15) is 49.6 Å². The molecule has 0 fully saturated rings. The van der Waals surface area contributed by atoms with E-state index < -0.39 is 0 Å². The van der Waals surface area contributed by atoms with E-state index in [1.54, 1.807) is 0 Å². The van der Waals surface area contributed by atoms with E-state index in [1.807, 2.05) is 11.7 Å². The Morgan fingerprint density at radius 2 is 2.11 bits per heavy atom. The zero-order valence-electron chi connectivity index (χ0n) is 12.8. The SMILES string of the molecule is C#CCCC(CCc1c(C)nn(C)c1C)NCCC. The molecule has 3 heteroatoms. The van der Waals surface area contributed by atoms with Crippen LogP contribution in [0, 0.1) is 26.2 Å². The van der Waals surface area contributed by atoms with Gasteiger partial charge in [-0.15, -0.1) is 12.3 Å². The molecule has 1 aromatic rings. The number of terminal acetylenes is 1. The minimum Gasteiger partial charge on any atom is -0.314 e. The van der Waals surface area contributed by atoms with E-state index in [2.05, 4.69) is 37.1 Å². The minimum absolute atomic E-state index is 0.523. The summed E-state index contributed by atoms with van der Waals surface area (Å²) in [4.78, 5) is 0. The quantitative estimate of drug-likeness (QED) is 0.729. The van der Waals surface area contributed by atoms with Crippen LogP contribution in [-0.2, 0) is 13.5 Å². The average molecular weight is 261 g/mol. The Morgan fingerprint density at radius 1 is 1.37 bits per heavy atom. The van der Waals surface area contributed by atoms with Crippen molar-refractivity contribution >= 4 is 0 Å². The van der Waals surface area contributed by atoms with E-state index >= 15 is 0 Å². The average Bonchev–Trinajstić information content (AvgIpc) is 2.63. The summed E-state index contributed by atoms with van der Waals surface area (Å²) < 4.78 is 1.97. The first kappa shape index (κ1) is 15.8. The Morgan fingerprint density at radius 3 is 2.63 bits per heavy atom. The Balaban J connectivity index is 2.57. The van der Waals surface area contributed by atoms with Crippen LogP contribution in [0.2, 0.25) is 0 Å². The predicted octanol–water partition coefficient (Wildman–Crippen LogP) is 2.75. The number of nitrogens with one attached hydrogen (secondary N) is 1. The van der Waals surface area contributed by atoms with E-state index in [0.717, 1.165) is 44.3 Å². The van der Waals surface area contributed by atoms with Crippen molar-refractivity contribution < 1.29 is 0 Å². The smallest absolute Gasteiger partial charge is 0.0628 e. The molecule has 0 aromatic carbocycles. The maximum absolute atomic E-state index is 5.37. The first-order chi connectivity index (χ1) is 9.10. The third-order valence-electron chi connectivity index (χ3n) is 3.72. The van der Waals surface area contributed by atoms with Crippen molar-refractivity contribution in [2.24, 2.45) is 7.05 Å². The number of aryl methyl sites for hydroxylation is 2. The summed E-state index contributed by atoms with van der Waals surface area (Å²) in [5, 5.41) is 8.07. The number of rotatable bonds is 8. The van der Waals surface area contributed by atoms with E-state index in [0.29, 0.717) is 6.04 Å². The second-order valence-electron chi connectivity index (χ2n) is 5.21. The molecule has 0 spiro atoms. The fourth-order valence-corrected chi connectivity index (χ4v) is 2.45. The summed E-state index contributed by atoms with van der Waals surface area (Å²) in [7, 11) is 2.01. The summed E-state index contributed by atoms with van der Waals surface area (Å²) in [6, 6.07) is 0.523. The lowest BCUT2D eigenvalue weighted by molar-refractivity contribution is 0.457. The van der Waals surface area contributed by atoms with Crippen LogP contribution in [0.5, 0.6) is 0 Å². The van der Waals surface area contributed by atoms with Gasteiger partial charge in [0.1, 0.15) is 0 Å². The van der Waals surface area contributed by atoms with Gasteiger partial charge in [0.15, 0.2) is 0 Å². The zero-order valence-corrected chi connectivity index (χ0v) is 12.8. The molecule has 1 atom stereocenters. The van der Waals surface area contributed by atoms with Crippen molar-refractivity contribution in [1.82, 2.24) is 15.1 Å². The van der Waals surface area contributed by atoms with Crippen LogP contribution in [-0.4, -0.2) is 22.4 Å². The molecular weight excluding hydrogens is 234 g/mol. The van der Waals surface area contributed by atoms with Gasteiger partial charge in [-0.25, -0.2) is 0 Å². The molecule has 19 heavy (non-hydrogen) atoms. The van der Waals surface area contributed by atoms with Gasteiger partial charge < -0.3 is 5.32 Å². The largest absolute Gasteiger partial charge is 0.314 e. The molecule has 1 unspecified atom stereocenters. The van der Waals surface area contributed by atoms with Crippen LogP contribution < -0.4 is 5.32 Å². The van der Waals surface area contributed by atoms with Gasteiger partial charge in [-0.05, 0) is 51.6 Å². The maximum atomic E-state index is 5.37. The van der Waals surface area contributed by atoms with Crippen LogP contribution in [0.4, 0.5) is 0 Å². The van der Waals surface area contributed by atoms with Crippen molar-refractivity contribution in [2.45, 2.75) is 58.9 Å². The topological polar surface area (TPSA) is 29.9 Å². The lowest BCUT2D eigenvalue weighted by atomic mass is 10.0. The van der Waals surface area contributed by atoms with E-state index in [-0.39, 0.29) is 0 Å². The highest BCUT2D eigenvalue weighted by Gasteiger charge is 2.12. The molecule has 3 nitrogen and oxygen atoms in total. The van der Waals surface area contributed by atoms with Crippen LogP contribution in [0.25, 0.3) is 0 Å². The highest BCUT2D eigenvalue weighted by atomic mass is 15.3. The monoisotopic (exact) mass is 261 g/mol. The first-order valence-corrected chi connectivity index (χ1v) is 7.26. The van der Waals surface area contributed by atoms with E-state index in [1.165, 1.54) is 11.3 Å². The molecule has 0 saturated carbocycles. The Hall–Kier alpha value is -1.27. The summed E-state index contributed by atoms with van der Waals surface area (Å²) in [5.41, 5.74) is 3.83. The van der Waals surface area contributed by atoms with Crippen LogP contribution in [0.3, 0.4) is 0 Å². The molecule has 0 aliphatic carbocycles. The molecule has 0 bridgehead atoms. The lowest BCUT2D eigenvalue weighted by Crippen LogP contribution is -2.30. The van der Waals surface area contributed by atoms with Gasteiger partial charge in [0, 0.05) is 25.2 Å². The summed E-state index contributed by atoms with van der Waals surface area (Å²) in [6.45, 7) is 7.50. The van der Waals surface area contributed by atoms with Gasteiger partial charge in [0.2, 0.25) is 0 Å². The highest BCUT2D eigenvalue weighted by molar-refractivity contribution is 5.24. The molecule has 0 radical (unpaired) electrons. The molecule has 1 heterocycles. The van der Waals surface area contributed by atoms with Gasteiger partial charge in [0.05, 0.1) is 5.69 Å². The van der Waals surface area contributed by atoms with Crippen molar-refractivity contribution in [2.75, 3.05) is 6.54 Å². The molecule has 0 aliphatic rings. The van der Waals surface area contributed by atoms with Crippen LogP contribution in [0.15, 0.2) is 0 Å². The fourth-order valence-electron chi connectivity index (χ4n) is 2.45. The van der Waals surface area contributed by atoms with Crippen molar-refractivity contribution in [3.63, 3.8) is 0 Å². The summed E-state index contributed by atoms with van der Waals surface area (Å²) in [5.74, 6) is 2.74. The number of hydrogen-bond acceptors (Lipinski definition) is 2. The van der Waals surface area contributed by atoms with Gasteiger partial charge in [0.25, 0.3) is 0 Å². The highest BCUT2D eigenvalue weighted by Crippen LogP contribution is 2.16. The summed E-state index contributed by atoms with van der Waals surface area (Å²) >= 11 is 0. The molecule has 0 aliphatic heterocycles. The standard InChI is InChI=1S/C16H27N3/c1-6-8-9-15(17-12-7-2)10-11-16-13(3)18-19(5)14(16)4/h1,15,17H,7-12H2,2-5H3. The van der Waals surface area contributed by atoms with Crippen molar-refractivity contribution in [3.8, 4) is 12.3 Å². The van der Waals surface area contributed by atoms with E-state index in [4.69, 9.17) is 6.42 Å². The molecule has 1 aromatic heterocycles. The number of nitrogens with zero attached hydrogens (tertiary/aromatic N) is 2. The first-order valence-electron chi connectivity index (χ1n) is 7.26. The molecule has 1 rings (SSSR count). The van der Waals surface area contributed by atoms with Gasteiger partial charge in [-0.3, -0.25) is 4.68 Å². The molecular formula is C16H27N3. The normalized spacial score (nSPS) is 12.4. The van der Waals surface area contributed by atoms with Crippen molar-refractivity contribution in [3.05, 3.63) is 17.0 Å². The third kappa shape index (κ3) is 4.72. The minimum atomic E-state index is 0.523. The fraction of sp³-hybridized carbons (Fsp3) is 0.688. The van der Waals surface area contributed by atoms with Crippen molar-refractivity contribution in [1.29, 1.82) is 0 Å². The molecule has 106 valence electrons. The number of aromatic nitrogens is 2. The number of hydrogen-bond donors (Lipinski definition) is 1. The Bertz CT molecular complexity index is 426. The molecule has 0 saturated heterocycles. The second kappa shape index (κ2) is 8.01. The maximum Gasteiger partial charge on any atom is 0.0628 e. The van der Waals surface area contributed by atoms with E-state index in [9.17, 15) is 0 Å². The predicted molar refractivity (Wildman–Crippen MR) is 81.2 cm³/mol. The third-order valence-corrected chi connectivity index (χ3v) is 3.72. The molecule has 1 N–H and O–H groups in total. The summed E-state index contributed by atoms with van der Waals surface area (Å²) in [6.07, 6.45) is 10.7.